The summed E-state index contributed by atoms with van der Waals surface area (Å²) in [5.74, 6) is 0.972. The molecule has 0 radical (unpaired) electrons. The summed E-state index contributed by atoms with van der Waals surface area (Å²) in [6, 6.07) is 17.9. The van der Waals surface area contributed by atoms with E-state index in [-0.39, 0.29) is 17.7 Å². The molecule has 2 amide bonds. The maximum atomic E-state index is 12.8. The van der Waals surface area contributed by atoms with Gasteiger partial charge >= 0.3 is 0 Å². The molecule has 1 saturated carbocycles. The van der Waals surface area contributed by atoms with Crippen molar-refractivity contribution in [3.63, 3.8) is 0 Å². The van der Waals surface area contributed by atoms with Crippen LogP contribution in [-0.2, 0) is 4.79 Å². The third-order valence-electron chi connectivity index (χ3n) is 4.77. The van der Waals surface area contributed by atoms with E-state index in [0.29, 0.717) is 34.2 Å². The summed E-state index contributed by atoms with van der Waals surface area (Å²) in [5, 5.41) is 8.91. The van der Waals surface area contributed by atoms with E-state index in [4.69, 9.17) is 4.74 Å². The number of ether oxygens (including phenoxy) is 1. The molecule has 0 atom stereocenters. The number of hydrogen-bond acceptors (Lipinski definition) is 5. The normalized spacial score (nSPS) is 12.7. The second kappa shape index (κ2) is 8.65. The molecule has 3 aromatic rings. The number of pyridine rings is 1. The van der Waals surface area contributed by atoms with Crippen LogP contribution < -0.4 is 20.7 Å². The lowest BCUT2D eigenvalue weighted by Gasteiger charge is -2.13. The minimum absolute atomic E-state index is 0.0502. The van der Waals surface area contributed by atoms with Gasteiger partial charge in [-0.15, -0.1) is 0 Å². The standard InChI is InChI=1S/C23H22N4O3/c1-30-20-7-3-2-6-19(20)27-21-18(5-4-14-24-21)23(29)26-17-12-10-16(11-13-17)25-22(28)15-8-9-15/h2-7,10-15H,8-9H2,1H3,(H,24,27)(H,25,28)(H,26,29). The Morgan fingerprint density at radius 2 is 1.63 bits per heavy atom. The van der Waals surface area contributed by atoms with E-state index in [9.17, 15) is 9.59 Å². The Bertz CT molecular complexity index is 1060. The molecule has 0 bridgehead atoms. The summed E-state index contributed by atoms with van der Waals surface area (Å²) < 4.78 is 5.35. The zero-order valence-corrected chi connectivity index (χ0v) is 16.5. The van der Waals surface area contributed by atoms with Gasteiger partial charge in [0.1, 0.15) is 11.6 Å². The van der Waals surface area contributed by atoms with Crippen LogP contribution >= 0.6 is 0 Å². The van der Waals surface area contributed by atoms with Crippen molar-refractivity contribution in [2.45, 2.75) is 12.8 Å². The van der Waals surface area contributed by atoms with Crippen molar-refractivity contribution >= 4 is 34.7 Å². The molecular formula is C23H22N4O3. The van der Waals surface area contributed by atoms with Crippen molar-refractivity contribution in [3.05, 3.63) is 72.4 Å². The van der Waals surface area contributed by atoms with Gasteiger partial charge in [-0.05, 0) is 61.4 Å². The molecule has 1 aromatic heterocycles. The third kappa shape index (κ3) is 4.57. The first kappa shape index (κ1) is 19.4. The number of carbonyl (C=O) groups is 2. The van der Waals surface area contributed by atoms with E-state index in [1.807, 2.05) is 24.3 Å². The van der Waals surface area contributed by atoms with Crippen LogP contribution in [-0.4, -0.2) is 23.9 Å². The first-order valence-corrected chi connectivity index (χ1v) is 9.71. The Kier molecular flexibility index (Phi) is 5.61. The molecule has 7 nitrogen and oxygen atoms in total. The van der Waals surface area contributed by atoms with Crippen molar-refractivity contribution < 1.29 is 14.3 Å². The molecule has 0 unspecified atom stereocenters. The van der Waals surface area contributed by atoms with Gasteiger partial charge in [-0.25, -0.2) is 4.98 Å². The first-order valence-electron chi connectivity index (χ1n) is 9.71. The van der Waals surface area contributed by atoms with Crippen LogP contribution in [0.4, 0.5) is 22.9 Å². The van der Waals surface area contributed by atoms with Crippen molar-refractivity contribution in [2.75, 3.05) is 23.1 Å². The number of nitrogens with zero attached hydrogens (tertiary/aromatic N) is 1. The van der Waals surface area contributed by atoms with Gasteiger partial charge in [0.05, 0.1) is 18.4 Å². The number of anilines is 4. The lowest BCUT2D eigenvalue weighted by atomic mass is 10.2. The molecule has 152 valence electrons. The number of aromatic nitrogens is 1. The average molecular weight is 402 g/mol. The lowest BCUT2D eigenvalue weighted by Crippen LogP contribution is -2.15. The highest BCUT2D eigenvalue weighted by atomic mass is 16.5. The van der Waals surface area contributed by atoms with E-state index in [1.165, 1.54) is 0 Å². The maximum Gasteiger partial charge on any atom is 0.259 e. The van der Waals surface area contributed by atoms with E-state index in [0.717, 1.165) is 12.8 Å². The van der Waals surface area contributed by atoms with Crippen LogP contribution in [0.25, 0.3) is 0 Å². The van der Waals surface area contributed by atoms with Gasteiger partial charge in [0.2, 0.25) is 5.91 Å². The number of nitrogens with one attached hydrogen (secondary N) is 3. The summed E-state index contributed by atoms with van der Waals surface area (Å²) in [5.41, 5.74) is 2.44. The van der Waals surface area contributed by atoms with Gasteiger partial charge in [0.25, 0.3) is 5.91 Å². The molecule has 30 heavy (non-hydrogen) atoms. The summed E-state index contributed by atoms with van der Waals surface area (Å²) in [7, 11) is 1.59. The number of rotatable bonds is 7. The molecule has 0 spiro atoms. The topological polar surface area (TPSA) is 92.3 Å². The highest BCUT2D eigenvalue weighted by Gasteiger charge is 2.29. The molecule has 1 fully saturated rings. The Labute approximate surface area is 174 Å². The lowest BCUT2D eigenvalue weighted by molar-refractivity contribution is -0.117. The van der Waals surface area contributed by atoms with Crippen LogP contribution in [0.2, 0.25) is 0 Å². The predicted molar refractivity (Wildman–Crippen MR) is 116 cm³/mol. The average Bonchev–Trinajstić information content (AvgIpc) is 3.61. The van der Waals surface area contributed by atoms with E-state index in [1.54, 1.807) is 49.7 Å². The number of hydrogen-bond donors (Lipinski definition) is 3. The van der Waals surface area contributed by atoms with Crippen LogP contribution in [0.5, 0.6) is 5.75 Å². The number of para-hydroxylation sites is 2. The van der Waals surface area contributed by atoms with Crippen LogP contribution in [0.15, 0.2) is 66.9 Å². The quantitative estimate of drug-likeness (QED) is 0.544. The Hall–Kier alpha value is -3.87. The second-order valence-corrected chi connectivity index (χ2v) is 7.02. The summed E-state index contributed by atoms with van der Waals surface area (Å²) in [6.45, 7) is 0. The molecule has 0 saturated heterocycles. The molecule has 1 aliphatic rings. The van der Waals surface area contributed by atoms with Gasteiger partial charge in [-0.3, -0.25) is 9.59 Å². The van der Waals surface area contributed by atoms with Crippen LogP contribution in [0.1, 0.15) is 23.2 Å². The van der Waals surface area contributed by atoms with Gasteiger partial charge in [0, 0.05) is 23.5 Å². The fourth-order valence-corrected chi connectivity index (χ4v) is 2.99. The highest BCUT2D eigenvalue weighted by molar-refractivity contribution is 6.08. The van der Waals surface area contributed by atoms with Gasteiger partial charge in [-0.1, -0.05) is 12.1 Å². The molecule has 1 aliphatic carbocycles. The van der Waals surface area contributed by atoms with E-state index < -0.39 is 0 Å². The Balaban J connectivity index is 1.46. The van der Waals surface area contributed by atoms with E-state index in [2.05, 4.69) is 20.9 Å². The van der Waals surface area contributed by atoms with Gasteiger partial charge in [-0.2, -0.15) is 0 Å². The first-order chi connectivity index (χ1) is 14.6. The zero-order valence-electron chi connectivity index (χ0n) is 16.5. The molecule has 3 N–H and O–H groups in total. The molecule has 0 aliphatic heterocycles. The third-order valence-corrected chi connectivity index (χ3v) is 4.77. The SMILES string of the molecule is COc1ccccc1Nc1ncccc1C(=O)Nc1ccc(NC(=O)C2CC2)cc1. The number of amides is 2. The summed E-state index contributed by atoms with van der Waals surface area (Å²) in [4.78, 5) is 29.0. The fraction of sp³-hybridized carbons (Fsp3) is 0.174. The van der Waals surface area contributed by atoms with Gasteiger partial charge < -0.3 is 20.7 Å². The minimum Gasteiger partial charge on any atom is -0.495 e. The fourth-order valence-electron chi connectivity index (χ4n) is 2.99. The second-order valence-electron chi connectivity index (χ2n) is 7.02. The molecular weight excluding hydrogens is 380 g/mol. The summed E-state index contributed by atoms with van der Waals surface area (Å²) >= 11 is 0. The number of methoxy groups -OCH3 is 1. The zero-order chi connectivity index (χ0) is 20.9. The van der Waals surface area contributed by atoms with E-state index >= 15 is 0 Å². The molecule has 1 heterocycles. The number of benzene rings is 2. The largest absolute Gasteiger partial charge is 0.495 e. The predicted octanol–water partition coefficient (Wildman–Crippen LogP) is 4.43. The van der Waals surface area contributed by atoms with Crippen molar-refractivity contribution in [3.8, 4) is 5.75 Å². The van der Waals surface area contributed by atoms with Crippen molar-refractivity contribution in [2.24, 2.45) is 5.92 Å². The maximum absolute atomic E-state index is 12.8. The molecule has 2 aromatic carbocycles. The molecule has 7 heteroatoms. The highest BCUT2D eigenvalue weighted by Crippen LogP contribution is 2.30. The Morgan fingerprint density at radius 3 is 2.33 bits per heavy atom. The smallest absolute Gasteiger partial charge is 0.259 e. The minimum atomic E-state index is -0.296. The molecule has 4 rings (SSSR count). The summed E-state index contributed by atoms with van der Waals surface area (Å²) in [6.07, 6.45) is 3.53. The Morgan fingerprint density at radius 1 is 0.933 bits per heavy atom. The van der Waals surface area contributed by atoms with Crippen molar-refractivity contribution in [1.29, 1.82) is 0 Å². The van der Waals surface area contributed by atoms with Gasteiger partial charge in [0.15, 0.2) is 0 Å². The van der Waals surface area contributed by atoms with Crippen LogP contribution in [0, 0.1) is 5.92 Å². The number of carbonyl (C=O) groups excluding carboxylic acids is 2. The monoisotopic (exact) mass is 402 g/mol. The van der Waals surface area contributed by atoms with Crippen LogP contribution in [0.3, 0.4) is 0 Å². The van der Waals surface area contributed by atoms with Crippen molar-refractivity contribution in [1.82, 2.24) is 4.98 Å².